The Bertz CT molecular complexity index is 849. The third kappa shape index (κ3) is 3.83. The molecule has 3 atom stereocenters. The van der Waals surface area contributed by atoms with E-state index < -0.39 is 0 Å². The Morgan fingerprint density at radius 2 is 1.72 bits per heavy atom. The molecule has 4 rings (SSSR count). The van der Waals surface area contributed by atoms with Gasteiger partial charge in [-0.15, -0.1) is 11.6 Å². The van der Waals surface area contributed by atoms with Crippen LogP contribution in [0.3, 0.4) is 0 Å². The van der Waals surface area contributed by atoms with Gasteiger partial charge in [0.1, 0.15) is 11.5 Å². The van der Waals surface area contributed by atoms with Gasteiger partial charge in [0.25, 0.3) is 5.91 Å². The fraction of sp³-hybridized carbons (Fsp3) is 0.458. The molecule has 2 aliphatic rings. The molecular weight excluding hydrogens is 386 g/mol. The average molecular weight is 414 g/mol. The second-order valence-corrected chi connectivity index (χ2v) is 8.85. The molecule has 154 valence electrons. The molecule has 1 aliphatic heterocycles. The lowest BCUT2D eigenvalue weighted by Crippen LogP contribution is -2.53. The van der Waals surface area contributed by atoms with E-state index in [4.69, 9.17) is 21.1 Å². The van der Waals surface area contributed by atoms with E-state index in [1.54, 1.807) is 32.4 Å². The number of halogens is 1. The highest BCUT2D eigenvalue weighted by Crippen LogP contribution is 2.53. The van der Waals surface area contributed by atoms with Crippen molar-refractivity contribution in [3.8, 4) is 11.5 Å². The van der Waals surface area contributed by atoms with Crippen LogP contribution >= 0.6 is 11.6 Å². The van der Waals surface area contributed by atoms with Crippen LogP contribution in [-0.2, 0) is 0 Å². The van der Waals surface area contributed by atoms with Crippen LogP contribution in [0.4, 0.5) is 0 Å². The first-order chi connectivity index (χ1) is 14.1. The normalized spacial score (nSPS) is 26.5. The molecule has 0 bridgehead atoms. The monoisotopic (exact) mass is 413 g/mol. The summed E-state index contributed by atoms with van der Waals surface area (Å²) in [6, 6.07) is 15.7. The van der Waals surface area contributed by atoms with Gasteiger partial charge >= 0.3 is 0 Å². The highest BCUT2D eigenvalue weighted by atomic mass is 35.5. The Morgan fingerprint density at radius 1 is 1.03 bits per heavy atom. The molecular formula is C24H28ClNO3. The van der Waals surface area contributed by atoms with E-state index in [1.165, 1.54) is 6.42 Å². The Kier molecular flexibility index (Phi) is 5.73. The van der Waals surface area contributed by atoms with Gasteiger partial charge in [-0.3, -0.25) is 4.79 Å². The Balaban J connectivity index is 1.74. The molecule has 1 saturated heterocycles. The van der Waals surface area contributed by atoms with Crippen LogP contribution in [0.25, 0.3) is 0 Å². The standard InChI is InChI=1S/C24H28ClNO3/c1-28-19-14-18(15-20(16-19)29-2)23(27)26-13-12-24(25)11-7-6-10-21(24)22(26)17-8-4-3-5-9-17/h3-5,8-9,14-16,21-22H,6-7,10-13H2,1-2H3/t21-,22-,24-/m1/s1. The number of fused-ring (bicyclic) bond motifs is 1. The first-order valence-electron chi connectivity index (χ1n) is 10.3. The third-order valence-corrected chi connectivity index (χ3v) is 7.17. The number of hydrogen-bond acceptors (Lipinski definition) is 3. The third-order valence-electron chi connectivity index (χ3n) is 6.51. The van der Waals surface area contributed by atoms with Crippen molar-refractivity contribution in [3.63, 3.8) is 0 Å². The Labute approximate surface area is 177 Å². The zero-order valence-electron chi connectivity index (χ0n) is 17.1. The Morgan fingerprint density at radius 3 is 2.38 bits per heavy atom. The van der Waals surface area contributed by atoms with E-state index in [9.17, 15) is 4.79 Å². The first-order valence-corrected chi connectivity index (χ1v) is 10.7. The summed E-state index contributed by atoms with van der Waals surface area (Å²) in [6.07, 6.45) is 5.24. The summed E-state index contributed by atoms with van der Waals surface area (Å²) in [5.74, 6) is 1.49. The number of carbonyl (C=O) groups excluding carboxylic acids is 1. The predicted octanol–water partition coefficient (Wildman–Crippen LogP) is 5.46. The second-order valence-electron chi connectivity index (χ2n) is 8.09. The molecule has 1 aliphatic carbocycles. The van der Waals surface area contributed by atoms with Gasteiger partial charge in [0, 0.05) is 24.1 Å². The zero-order chi connectivity index (χ0) is 20.4. The van der Waals surface area contributed by atoms with Crippen LogP contribution in [0.5, 0.6) is 11.5 Å². The highest BCUT2D eigenvalue weighted by molar-refractivity contribution is 6.24. The van der Waals surface area contributed by atoms with Gasteiger partial charge < -0.3 is 14.4 Å². The number of alkyl halides is 1. The van der Waals surface area contributed by atoms with Gasteiger partial charge in [-0.2, -0.15) is 0 Å². The molecule has 2 aromatic carbocycles. The van der Waals surface area contributed by atoms with Crippen molar-refractivity contribution >= 4 is 17.5 Å². The highest BCUT2D eigenvalue weighted by Gasteiger charge is 2.50. The number of ether oxygens (including phenoxy) is 2. The van der Waals surface area contributed by atoms with Crippen molar-refractivity contribution < 1.29 is 14.3 Å². The number of benzene rings is 2. The number of rotatable bonds is 4. The number of hydrogen-bond donors (Lipinski definition) is 0. The number of nitrogens with zero attached hydrogens (tertiary/aromatic N) is 1. The average Bonchev–Trinajstić information content (AvgIpc) is 2.77. The number of likely N-dealkylation sites (tertiary alicyclic amines) is 1. The molecule has 2 fully saturated rings. The lowest BCUT2D eigenvalue weighted by molar-refractivity contribution is 0.0279. The number of carbonyl (C=O) groups is 1. The summed E-state index contributed by atoms with van der Waals surface area (Å²) in [7, 11) is 3.20. The van der Waals surface area contributed by atoms with Gasteiger partial charge in [0.05, 0.1) is 25.1 Å². The maximum Gasteiger partial charge on any atom is 0.254 e. The quantitative estimate of drug-likeness (QED) is 0.625. The first kappa shape index (κ1) is 20.1. The van der Waals surface area contributed by atoms with Crippen molar-refractivity contribution in [2.75, 3.05) is 20.8 Å². The summed E-state index contributed by atoms with van der Waals surface area (Å²) in [6.45, 7) is 0.651. The van der Waals surface area contributed by atoms with E-state index in [0.717, 1.165) is 31.2 Å². The molecule has 29 heavy (non-hydrogen) atoms. The summed E-state index contributed by atoms with van der Waals surface area (Å²) in [4.78, 5) is 15.5. The molecule has 1 amide bonds. The number of piperidine rings is 1. The predicted molar refractivity (Wildman–Crippen MR) is 115 cm³/mol. The van der Waals surface area contributed by atoms with E-state index in [1.807, 2.05) is 23.1 Å². The van der Waals surface area contributed by atoms with Gasteiger partial charge in [0.15, 0.2) is 0 Å². The lowest BCUT2D eigenvalue weighted by atomic mass is 9.68. The van der Waals surface area contributed by atoms with Crippen LogP contribution in [-0.4, -0.2) is 36.4 Å². The summed E-state index contributed by atoms with van der Waals surface area (Å²) >= 11 is 7.15. The van der Waals surface area contributed by atoms with Crippen molar-refractivity contribution in [1.29, 1.82) is 0 Å². The van der Waals surface area contributed by atoms with Gasteiger partial charge in [-0.25, -0.2) is 0 Å². The number of methoxy groups -OCH3 is 2. The summed E-state index contributed by atoms with van der Waals surface area (Å²) < 4.78 is 10.8. The van der Waals surface area contributed by atoms with Crippen molar-refractivity contribution in [3.05, 3.63) is 59.7 Å². The Hall–Kier alpha value is -2.20. The number of amides is 1. The molecule has 0 N–H and O–H groups in total. The van der Waals surface area contributed by atoms with Gasteiger partial charge in [-0.1, -0.05) is 43.2 Å². The van der Waals surface area contributed by atoms with Crippen LogP contribution in [0.15, 0.2) is 48.5 Å². The minimum Gasteiger partial charge on any atom is -0.497 e. The van der Waals surface area contributed by atoms with Crippen LogP contribution in [0, 0.1) is 5.92 Å². The molecule has 1 saturated carbocycles. The van der Waals surface area contributed by atoms with Gasteiger partial charge in [0.2, 0.25) is 0 Å². The van der Waals surface area contributed by atoms with Crippen molar-refractivity contribution in [2.24, 2.45) is 5.92 Å². The maximum absolute atomic E-state index is 13.7. The SMILES string of the molecule is COc1cc(OC)cc(C(=O)N2CC[C@]3(Cl)CCCC[C@@H]3[C@H]2c2ccccc2)c1. The van der Waals surface area contributed by atoms with Crippen LogP contribution < -0.4 is 9.47 Å². The van der Waals surface area contributed by atoms with Gasteiger partial charge in [-0.05, 0) is 37.0 Å². The summed E-state index contributed by atoms with van der Waals surface area (Å²) in [5, 5.41) is 0. The largest absolute Gasteiger partial charge is 0.497 e. The molecule has 1 heterocycles. The molecule has 0 radical (unpaired) electrons. The fourth-order valence-corrected chi connectivity index (χ4v) is 5.47. The molecule has 4 nitrogen and oxygen atoms in total. The maximum atomic E-state index is 13.7. The minimum absolute atomic E-state index is 0.000318. The van der Waals surface area contributed by atoms with E-state index >= 15 is 0 Å². The van der Waals surface area contributed by atoms with E-state index in [2.05, 4.69) is 12.1 Å². The van der Waals surface area contributed by atoms with E-state index in [0.29, 0.717) is 23.6 Å². The van der Waals surface area contributed by atoms with Crippen molar-refractivity contribution in [1.82, 2.24) is 4.90 Å². The molecule has 0 aromatic heterocycles. The zero-order valence-corrected chi connectivity index (χ0v) is 17.8. The van der Waals surface area contributed by atoms with Crippen LogP contribution in [0.1, 0.15) is 54.1 Å². The molecule has 0 unspecified atom stereocenters. The molecule has 0 spiro atoms. The fourth-order valence-electron chi connectivity index (χ4n) is 5.03. The smallest absolute Gasteiger partial charge is 0.254 e. The lowest BCUT2D eigenvalue weighted by Gasteiger charge is -2.52. The van der Waals surface area contributed by atoms with Crippen molar-refractivity contribution in [2.45, 2.75) is 43.0 Å². The minimum atomic E-state index is -0.221. The summed E-state index contributed by atoms with van der Waals surface area (Å²) in [5.41, 5.74) is 1.74. The molecule has 5 heteroatoms. The topological polar surface area (TPSA) is 38.8 Å². The van der Waals surface area contributed by atoms with E-state index in [-0.39, 0.29) is 22.7 Å². The van der Waals surface area contributed by atoms with Crippen LogP contribution in [0.2, 0.25) is 0 Å². The second kappa shape index (κ2) is 8.27. The molecule has 2 aromatic rings.